The van der Waals surface area contributed by atoms with E-state index in [-0.39, 0.29) is 17.3 Å². The molecule has 3 N–H and O–H groups in total. The summed E-state index contributed by atoms with van der Waals surface area (Å²) >= 11 is 0. The number of nitrogens with two attached hydrogens (primary N) is 1. The molecule has 17 heavy (non-hydrogen) atoms. The Bertz CT molecular complexity index is 445. The zero-order chi connectivity index (χ0) is 12.4. The highest BCUT2D eigenvalue weighted by Gasteiger charge is 2.21. The first-order valence-electron chi connectivity index (χ1n) is 5.21. The third-order valence-electron chi connectivity index (χ3n) is 2.60. The molecular formula is C11H12F2N2O2. The lowest BCUT2D eigenvalue weighted by molar-refractivity contribution is 0.0926. The zero-order valence-electron chi connectivity index (χ0n) is 9.00. The van der Waals surface area contributed by atoms with Crippen LogP contribution in [0, 0.1) is 11.6 Å². The van der Waals surface area contributed by atoms with Gasteiger partial charge in [-0.15, -0.1) is 0 Å². The fourth-order valence-electron chi connectivity index (χ4n) is 1.65. The summed E-state index contributed by atoms with van der Waals surface area (Å²) in [6.07, 6.45) is 0.685. The van der Waals surface area contributed by atoms with E-state index in [1.807, 2.05) is 0 Å². The van der Waals surface area contributed by atoms with Gasteiger partial charge in [0.15, 0.2) is 0 Å². The van der Waals surface area contributed by atoms with Gasteiger partial charge in [-0.1, -0.05) is 0 Å². The highest BCUT2D eigenvalue weighted by Crippen LogP contribution is 2.17. The summed E-state index contributed by atoms with van der Waals surface area (Å²) in [5.74, 6) is -2.40. The highest BCUT2D eigenvalue weighted by molar-refractivity contribution is 5.95. The van der Waals surface area contributed by atoms with Crippen molar-refractivity contribution in [3.63, 3.8) is 0 Å². The fourth-order valence-corrected chi connectivity index (χ4v) is 1.65. The molecule has 1 unspecified atom stereocenters. The van der Waals surface area contributed by atoms with E-state index in [2.05, 4.69) is 5.32 Å². The normalized spacial score (nSPS) is 19.3. The first-order valence-corrected chi connectivity index (χ1v) is 5.21. The Morgan fingerprint density at radius 2 is 2.18 bits per heavy atom. The number of nitrogen functional groups attached to an aromatic ring is 1. The summed E-state index contributed by atoms with van der Waals surface area (Å²) in [4.78, 5) is 11.7. The minimum atomic E-state index is -0.923. The minimum absolute atomic E-state index is 0.131. The Morgan fingerprint density at radius 3 is 2.82 bits per heavy atom. The van der Waals surface area contributed by atoms with Crippen LogP contribution < -0.4 is 11.1 Å². The summed E-state index contributed by atoms with van der Waals surface area (Å²) in [6.45, 7) is 0.975. The number of nitrogens with one attached hydrogen (secondary N) is 1. The van der Waals surface area contributed by atoms with Gasteiger partial charge in [0, 0.05) is 12.7 Å². The molecule has 1 aliphatic rings. The standard InChI is InChI=1S/C11H12F2N2O2/c12-8-4-9(13)10(14)3-7(8)11(16)15-6-1-2-17-5-6/h3-4,6H,1-2,5,14H2,(H,15,16). The van der Waals surface area contributed by atoms with Crippen molar-refractivity contribution in [1.29, 1.82) is 0 Å². The van der Waals surface area contributed by atoms with Crippen LogP contribution in [-0.2, 0) is 4.74 Å². The van der Waals surface area contributed by atoms with E-state index in [4.69, 9.17) is 10.5 Å². The van der Waals surface area contributed by atoms with E-state index in [1.165, 1.54) is 0 Å². The molecule has 1 saturated heterocycles. The lowest BCUT2D eigenvalue weighted by Gasteiger charge is -2.11. The van der Waals surface area contributed by atoms with E-state index in [0.29, 0.717) is 25.7 Å². The van der Waals surface area contributed by atoms with Gasteiger partial charge in [-0.25, -0.2) is 8.78 Å². The molecule has 1 aromatic carbocycles. The number of anilines is 1. The van der Waals surface area contributed by atoms with Crippen LogP contribution in [0.1, 0.15) is 16.8 Å². The van der Waals surface area contributed by atoms with Gasteiger partial charge in [-0.05, 0) is 12.5 Å². The number of hydrogen-bond donors (Lipinski definition) is 2. The second-order valence-corrected chi connectivity index (χ2v) is 3.89. The molecule has 2 rings (SSSR count). The van der Waals surface area contributed by atoms with Crippen LogP contribution in [-0.4, -0.2) is 25.2 Å². The molecule has 92 valence electrons. The first kappa shape index (κ1) is 11.8. The molecule has 0 saturated carbocycles. The van der Waals surface area contributed by atoms with Gasteiger partial charge < -0.3 is 15.8 Å². The summed E-state index contributed by atoms with van der Waals surface area (Å²) in [6, 6.07) is 1.47. The maximum Gasteiger partial charge on any atom is 0.254 e. The first-order chi connectivity index (χ1) is 8.08. The molecule has 4 nitrogen and oxygen atoms in total. The van der Waals surface area contributed by atoms with Crippen molar-refractivity contribution in [1.82, 2.24) is 5.32 Å². The van der Waals surface area contributed by atoms with Crippen molar-refractivity contribution in [2.75, 3.05) is 18.9 Å². The largest absolute Gasteiger partial charge is 0.396 e. The summed E-state index contributed by atoms with van der Waals surface area (Å²) in [7, 11) is 0. The molecular weight excluding hydrogens is 230 g/mol. The lowest BCUT2D eigenvalue weighted by atomic mass is 10.1. The number of hydrogen-bond acceptors (Lipinski definition) is 3. The Labute approximate surface area is 96.7 Å². The Hall–Kier alpha value is -1.69. The van der Waals surface area contributed by atoms with Gasteiger partial charge >= 0.3 is 0 Å². The van der Waals surface area contributed by atoms with Crippen LogP contribution in [0.4, 0.5) is 14.5 Å². The molecule has 0 spiro atoms. The van der Waals surface area contributed by atoms with Crippen molar-refractivity contribution >= 4 is 11.6 Å². The topological polar surface area (TPSA) is 64.4 Å². The van der Waals surface area contributed by atoms with E-state index < -0.39 is 17.5 Å². The smallest absolute Gasteiger partial charge is 0.254 e. The average molecular weight is 242 g/mol. The molecule has 1 fully saturated rings. The highest BCUT2D eigenvalue weighted by atomic mass is 19.1. The quantitative estimate of drug-likeness (QED) is 0.762. The molecule has 1 aliphatic heterocycles. The second kappa shape index (κ2) is 4.67. The van der Waals surface area contributed by atoms with Gasteiger partial charge in [-0.2, -0.15) is 0 Å². The Kier molecular flexibility index (Phi) is 3.23. The Morgan fingerprint density at radius 1 is 1.41 bits per heavy atom. The molecule has 0 aromatic heterocycles. The van der Waals surface area contributed by atoms with Crippen molar-refractivity contribution in [2.24, 2.45) is 0 Å². The predicted octanol–water partition coefficient (Wildman–Crippen LogP) is 1.07. The van der Waals surface area contributed by atoms with Crippen molar-refractivity contribution < 1.29 is 18.3 Å². The maximum atomic E-state index is 13.4. The van der Waals surface area contributed by atoms with Crippen molar-refractivity contribution in [3.8, 4) is 0 Å². The average Bonchev–Trinajstić information content (AvgIpc) is 2.76. The molecule has 0 radical (unpaired) electrons. The number of rotatable bonds is 2. The van der Waals surface area contributed by atoms with E-state index in [9.17, 15) is 13.6 Å². The monoisotopic (exact) mass is 242 g/mol. The second-order valence-electron chi connectivity index (χ2n) is 3.89. The van der Waals surface area contributed by atoms with Crippen LogP contribution in [0.2, 0.25) is 0 Å². The van der Waals surface area contributed by atoms with Gasteiger partial charge in [0.1, 0.15) is 11.6 Å². The lowest BCUT2D eigenvalue weighted by Crippen LogP contribution is -2.35. The minimum Gasteiger partial charge on any atom is -0.396 e. The molecule has 6 heteroatoms. The summed E-state index contributed by atoms with van der Waals surface area (Å²) in [5, 5.41) is 2.60. The predicted molar refractivity (Wildman–Crippen MR) is 57.5 cm³/mol. The number of amides is 1. The summed E-state index contributed by atoms with van der Waals surface area (Å²) in [5.41, 5.74) is 4.78. The van der Waals surface area contributed by atoms with E-state index in [1.54, 1.807) is 0 Å². The van der Waals surface area contributed by atoms with Crippen LogP contribution in [0.5, 0.6) is 0 Å². The number of carbonyl (C=O) groups is 1. The van der Waals surface area contributed by atoms with Gasteiger partial charge in [0.2, 0.25) is 0 Å². The summed E-state index contributed by atoms with van der Waals surface area (Å²) < 4.78 is 31.4. The molecule has 0 bridgehead atoms. The zero-order valence-corrected chi connectivity index (χ0v) is 9.00. The maximum absolute atomic E-state index is 13.4. The van der Waals surface area contributed by atoms with E-state index >= 15 is 0 Å². The molecule has 0 aliphatic carbocycles. The van der Waals surface area contributed by atoms with Crippen molar-refractivity contribution in [3.05, 3.63) is 29.3 Å². The molecule has 1 atom stereocenters. The molecule has 1 aromatic rings. The number of carbonyl (C=O) groups excluding carboxylic acids is 1. The third kappa shape index (κ3) is 2.52. The molecule has 1 heterocycles. The van der Waals surface area contributed by atoms with Crippen molar-refractivity contribution in [2.45, 2.75) is 12.5 Å². The van der Waals surface area contributed by atoms with Crippen LogP contribution in [0.25, 0.3) is 0 Å². The number of benzene rings is 1. The van der Waals surface area contributed by atoms with Gasteiger partial charge in [-0.3, -0.25) is 4.79 Å². The molecule has 1 amide bonds. The number of halogens is 2. The Balaban J connectivity index is 2.15. The van der Waals surface area contributed by atoms with Crippen LogP contribution >= 0.6 is 0 Å². The SMILES string of the molecule is Nc1cc(C(=O)NC2CCOC2)c(F)cc1F. The van der Waals surface area contributed by atoms with Gasteiger partial charge in [0.25, 0.3) is 5.91 Å². The van der Waals surface area contributed by atoms with Crippen LogP contribution in [0.15, 0.2) is 12.1 Å². The van der Waals surface area contributed by atoms with Gasteiger partial charge in [0.05, 0.1) is 23.9 Å². The van der Waals surface area contributed by atoms with Crippen LogP contribution in [0.3, 0.4) is 0 Å². The fraction of sp³-hybridized carbons (Fsp3) is 0.364. The number of ether oxygens (including phenoxy) is 1. The van der Waals surface area contributed by atoms with E-state index in [0.717, 1.165) is 6.07 Å². The third-order valence-corrected chi connectivity index (χ3v) is 2.60.